The molecule has 1 aromatic rings. The topological polar surface area (TPSA) is 29.9 Å². The minimum absolute atomic E-state index is 0.641. The summed E-state index contributed by atoms with van der Waals surface area (Å²) in [5, 5.41) is 3.66. The van der Waals surface area contributed by atoms with Crippen LogP contribution in [0.3, 0.4) is 0 Å². The van der Waals surface area contributed by atoms with Gasteiger partial charge in [-0.05, 0) is 32.1 Å². The molecule has 1 heterocycles. The minimum Gasteiger partial charge on any atom is -0.333 e. The first-order chi connectivity index (χ1) is 8.31. The maximum Gasteiger partial charge on any atom is 0.0948 e. The number of imidazole rings is 1. The molecular weight excluding hydrogens is 210 g/mol. The van der Waals surface area contributed by atoms with Crippen LogP contribution in [-0.4, -0.2) is 15.6 Å². The molecule has 96 valence electrons. The summed E-state index contributed by atoms with van der Waals surface area (Å²) in [6.07, 6.45) is 10.8. The molecule has 0 radical (unpaired) electrons. The molecule has 3 heteroatoms. The molecule has 1 aromatic heterocycles. The molecule has 0 saturated heterocycles. The second-order valence-corrected chi connectivity index (χ2v) is 5.29. The van der Waals surface area contributed by atoms with Gasteiger partial charge < -0.3 is 9.88 Å². The molecule has 0 unspecified atom stereocenters. The summed E-state index contributed by atoms with van der Waals surface area (Å²) in [4.78, 5) is 4.24. The number of aromatic nitrogens is 2. The first-order valence-electron chi connectivity index (χ1n) is 7.03. The molecule has 0 amide bonds. The number of nitrogens with zero attached hydrogens (tertiary/aromatic N) is 2. The minimum atomic E-state index is 0.641. The molecule has 1 atom stereocenters. The third-order valence-corrected chi connectivity index (χ3v) is 3.98. The Morgan fingerprint density at radius 1 is 1.47 bits per heavy atom. The maximum absolute atomic E-state index is 4.24. The van der Waals surface area contributed by atoms with Crippen molar-refractivity contribution in [3.63, 3.8) is 0 Å². The van der Waals surface area contributed by atoms with Crippen molar-refractivity contribution in [2.45, 2.75) is 65.1 Å². The Balaban J connectivity index is 1.81. The van der Waals surface area contributed by atoms with Crippen LogP contribution < -0.4 is 5.32 Å². The number of nitrogens with one attached hydrogen (secondary N) is 1. The Morgan fingerprint density at radius 2 is 2.24 bits per heavy atom. The average molecular weight is 235 g/mol. The van der Waals surface area contributed by atoms with E-state index in [1.54, 1.807) is 0 Å². The molecule has 1 N–H and O–H groups in total. The summed E-state index contributed by atoms with van der Waals surface area (Å²) in [7, 11) is 0. The molecule has 17 heavy (non-hydrogen) atoms. The van der Waals surface area contributed by atoms with E-state index in [0.29, 0.717) is 6.04 Å². The van der Waals surface area contributed by atoms with Gasteiger partial charge in [0.05, 0.1) is 12.0 Å². The third-order valence-electron chi connectivity index (χ3n) is 3.98. The zero-order chi connectivity index (χ0) is 12.1. The van der Waals surface area contributed by atoms with E-state index >= 15 is 0 Å². The van der Waals surface area contributed by atoms with E-state index in [0.717, 1.165) is 19.0 Å². The van der Waals surface area contributed by atoms with E-state index in [1.807, 2.05) is 12.5 Å². The van der Waals surface area contributed by atoms with Gasteiger partial charge in [0.2, 0.25) is 0 Å². The molecule has 0 bridgehead atoms. The molecule has 0 spiro atoms. The van der Waals surface area contributed by atoms with Gasteiger partial charge in [-0.25, -0.2) is 4.98 Å². The Hall–Kier alpha value is -0.830. The summed E-state index contributed by atoms with van der Waals surface area (Å²) in [6, 6.07) is 0.641. The smallest absolute Gasteiger partial charge is 0.0948 e. The van der Waals surface area contributed by atoms with Gasteiger partial charge in [0.15, 0.2) is 0 Å². The largest absolute Gasteiger partial charge is 0.333 e. The lowest BCUT2D eigenvalue weighted by Gasteiger charge is -2.20. The van der Waals surface area contributed by atoms with Crippen molar-refractivity contribution in [2.75, 3.05) is 0 Å². The fourth-order valence-corrected chi connectivity index (χ4v) is 2.83. The normalized spacial score (nSPS) is 18.7. The van der Waals surface area contributed by atoms with E-state index in [4.69, 9.17) is 0 Å². The average Bonchev–Trinajstić information content (AvgIpc) is 2.97. The zero-order valence-corrected chi connectivity index (χ0v) is 11.2. The number of hydrogen-bond acceptors (Lipinski definition) is 2. The lowest BCUT2D eigenvalue weighted by molar-refractivity contribution is 0.376. The first-order valence-corrected chi connectivity index (χ1v) is 7.03. The van der Waals surface area contributed by atoms with Gasteiger partial charge in [0.1, 0.15) is 0 Å². The quantitative estimate of drug-likeness (QED) is 0.821. The molecule has 1 saturated carbocycles. The fourth-order valence-electron chi connectivity index (χ4n) is 2.83. The van der Waals surface area contributed by atoms with Gasteiger partial charge in [0, 0.05) is 25.3 Å². The van der Waals surface area contributed by atoms with Crippen LogP contribution in [0, 0.1) is 5.92 Å². The van der Waals surface area contributed by atoms with E-state index < -0.39 is 0 Å². The van der Waals surface area contributed by atoms with Gasteiger partial charge >= 0.3 is 0 Å². The molecule has 1 aliphatic rings. The van der Waals surface area contributed by atoms with Crippen LogP contribution in [0.2, 0.25) is 0 Å². The summed E-state index contributed by atoms with van der Waals surface area (Å²) in [5.74, 6) is 0.887. The Kier molecular flexibility index (Phi) is 4.60. The van der Waals surface area contributed by atoms with Crippen molar-refractivity contribution in [3.8, 4) is 0 Å². The van der Waals surface area contributed by atoms with Crippen molar-refractivity contribution < 1.29 is 0 Å². The monoisotopic (exact) mass is 235 g/mol. The van der Waals surface area contributed by atoms with Crippen LogP contribution in [0.25, 0.3) is 0 Å². The van der Waals surface area contributed by atoms with Crippen molar-refractivity contribution in [1.82, 2.24) is 14.9 Å². The summed E-state index contributed by atoms with van der Waals surface area (Å²) in [6.45, 7) is 6.57. The van der Waals surface area contributed by atoms with Crippen LogP contribution in [0.4, 0.5) is 0 Å². The SMILES string of the molecule is CCCn1cncc1CN[C@H](C)C1CCCC1. The van der Waals surface area contributed by atoms with Gasteiger partial charge in [-0.1, -0.05) is 19.8 Å². The highest BCUT2D eigenvalue weighted by Gasteiger charge is 2.21. The Bertz CT molecular complexity index is 326. The molecule has 2 rings (SSSR count). The third kappa shape index (κ3) is 3.32. The van der Waals surface area contributed by atoms with Gasteiger partial charge in [-0.15, -0.1) is 0 Å². The van der Waals surface area contributed by atoms with E-state index in [9.17, 15) is 0 Å². The van der Waals surface area contributed by atoms with E-state index in [2.05, 4.69) is 28.7 Å². The van der Waals surface area contributed by atoms with Crippen LogP contribution in [-0.2, 0) is 13.1 Å². The highest BCUT2D eigenvalue weighted by Crippen LogP contribution is 2.27. The first kappa shape index (κ1) is 12.6. The number of rotatable bonds is 6. The highest BCUT2D eigenvalue weighted by atomic mass is 15.1. The van der Waals surface area contributed by atoms with Crippen molar-refractivity contribution >= 4 is 0 Å². The summed E-state index contributed by atoms with van der Waals surface area (Å²) in [5.41, 5.74) is 1.32. The van der Waals surface area contributed by atoms with Crippen LogP contribution in [0.15, 0.2) is 12.5 Å². The lowest BCUT2D eigenvalue weighted by atomic mass is 10.00. The van der Waals surface area contributed by atoms with Gasteiger partial charge in [-0.2, -0.15) is 0 Å². The maximum atomic E-state index is 4.24. The summed E-state index contributed by atoms with van der Waals surface area (Å²) >= 11 is 0. The van der Waals surface area contributed by atoms with Crippen LogP contribution in [0.1, 0.15) is 51.6 Å². The zero-order valence-electron chi connectivity index (χ0n) is 11.2. The lowest BCUT2D eigenvalue weighted by Crippen LogP contribution is -2.32. The molecule has 0 aliphatic heterocycles. The van der Waals surface area contributed by atoms with Crippen LogP contribution >= 0.6 is 0 Å². The Morgan fingerprint density at radius 3 is 2.94 bits per heavy atom. The van der Waals surface area contributed by atoms with Gasteiger partial charge in [0.25, 0.3) is 0 Å². The standard InChI is InChI=1S/C14H25N3/c1-3-8-17-11-15-9-14(17)10-16-12(2)13-6-4-5-7-13/h9,11-13,16H,3-8,10H2,1-2H3/t12-/m1/s1. The van der Waals surface area contributed by atoms with Crippen molar-refractivity contribution in [1.29, 1.82) is 0 Å². The fraction of sp³-hybridized carbons (Fsp3) is 0.786. The predicted octanol–water partition coefficient (Wildman–Crippen LogP) is 2.96. The molecular formula is C14H25N3. The van der Waals surface area contributed by atoms with E-state index in [-0.39, 0.29) is 0 Å². The van der Waals surface area contributed by atoms with E-state index in [1.165, 1.54) is 37.8 Å². The second-order valence-electron chi connectivity index (χ2n) is 5.29. The number of hydrogen-bond donors (Lipinski definition) is 1. The van der Waals surface area contributed by atoms with Crippen molar-refractivity contribution in [3.05, 3.63) is 18.2 Å². The van der Waals surface area contributed by atoms with Crippen LogP contribution in [0.5, 0.6) is 0 Å². The van der Waals surface area contributed by atoms with Crippen molar-refractivity contribution in [2.24, 2.45) is 5.92 Å². The van der Waals surface area contributed by atoms with Gasteiger partial charge in [-0.3, -0.25) is 0 Å². The highest BCUT2D eigenvalue weighted by molar-refractivity contribution is 4.98. The Labute approximate surface area is 105 Å². The predicted molar refractivity (Wildman–Crippen MR) is 70.8 cm³/mol. The molecule has 1 fully saturated rings. The molecule has 0 aromatic carbocycles. The molecule has 1 aliphatic carbocycles. The second kappa shape index (κ2) is 6.20. The summed E-state index contributed by atoms with van der Waals surface area (Å²) < 4.78 is 2.26. The number of aryl methyl sites for hydroxylation is 1. The molecule has 3 nitrogen and oxygen atoms in total.